The Bertz CT molecular complexity index is 235. The van der Waals surface area contributed by atoms with Crippen molar-refractivity contribution in [2.45, 2.75) is 56.5 Å². The molecule has 0 rings (SSSR count). The summed E-state index contributed by atoms with van der Waals surface area (Å²) < 4.78 is -0.862. The molecule has 0 heterocycles. The molecule has 2 atom stereocenters. The number of hydrogen-bond acceptors (Lipinski definition) is 0. The molecule has 17 heavy (non-hydrogen) atoms. The molecule has 0 aliphatic carbocycles. The molecule has 0 aliphatic rings. The largest absolute Gasteiger partial charge is 0.0640 e. The van der Waals surface area contributed by atoms with E-state index in [1.807, 2.05) is 27.7 Å². The van der Waals surface area contributed by atoms with E-state index in [2.05, 4.69) is 0 Å². The normalized spacial score (nSPS) is 22.7. The van der Waals surface area contributed by atoms with Crippen LogP contribution in [0.1, 0.15) is 47.0 Å². The van der Waals surface area contributed by atoms with Crippen molar-refractivity contribution in [2.75, 3.05) is 0 Å². The van der Waals surface area contributed by atoms with Crippen molar-refractivity contribution >= 4 is 79.4 Å². The van der Waals surface area contributed by atoms with Gasteiger partial charge in [0.25, 0.3) is 0 Å². The lowest BCUT2D eigenvalue weighted by molar-refractivity contribution is 0.464. The number of rotatable bonds is 6. The quantitative estimate of drug-likeness (QED) is 0.419. The molecule has 0 N–H and O–H groups in total. The molecular weight excluding hydrogens is 385 g/mol. The highest BCUT2D eigenvalue weighted by molar-refractivity contribution is 8.80. The number of halogens is 6. The van der Waals surface area contributed by atoms with Gasteiger partial charge in [0.05, 0.1) is 0 Å². The summed E-state index contributed by atoms with van der Waals surface area (Å²) in [6.07, 6.45) is 2.09. The molecular formula is C9H18Cl6S2. The third-order valence-electron chi connectivity index (χ3n) is 3.36. The van der Waals surface area contributed by atoms with Crippen LogP contribution in [0.5, 0.6) is 0 Å². The van der Waals surface area contributed by atoms with Crippen LogP contribution in [0.3, 0.4) is 0 Å². The monoisotopic (exact) mass is 400 g/mol. The van der Waals surface area contributed by atoms with Gasteiger partial charge in [-0.25, -0.2) is 0 Å². The van der Waals surface area contributed by atoms with E-state index in [1.165, 1.54) is 0 Å². The van der Waals surface area contributed by atoms with E-state index in [-0.39, 0.29) is 0 Å². The zero-order chi connectivity index (χ0) is 14.1. The van der Waals surface area contributed by atoms with E-state index < -0.39 is 24.8 Å². The fourth-order valence-corrected chi connectivity index (χ4v) is 6.19. The standard InChI is InChI=1S/C9H18Cl6S2/c1-5-8(3,16(10,11)12)7-9(4,6-2)17(13,14)15/h5-7H2,1-4H3. The maximum Gasteiger partial charge on any atom is 0.0372 e. The Morgan fingerprint density at radius 2 is 0.941 bits per heavy atom. The summed E-state index contributed by atoms with van der Waals surface area (Å²) in [5.41, 5.74) is 0. The second kappa shape index (κ2) is 6.47. The zero-order valence-electron chi connectivity index (χ0n) is 10.2. The first-order chi connectivity index (χ1) is 7.33. The Kier molecular flexibility index (Phi) is 7.40. The second-order valence-corrected chi connectivity index (χ2v) is 19.4. The molecule has 0 fully saturated rings. The van der Waals surface area contributed by atoms with Crippen LogP contribution >= 0.6 is 79.4 Å². The summed E-state index contributed by atoms with van der Waals surface area (Å²) in [5, 5.41) is 0. The highest BCUT2D eigenvalue weighted by Crippen LogP contribution is 2.80. The molecule has 108 valence electrons. The number of hydrogen-bond donors (Lipinski definition) is 0. The molecule has 0 bridgehead atoms. The minimum Gasteiger partial charge on any atom is -0.0640 e. The summed E-state index contributed by atoms with van der Waals surface area (Å²) in [6, 6.07) is 0. The van der Waals surface area contributed by atoms with Gasteiger partial charge < -0.3 is 0 Å². The summed E-state index contributed by atoms with van der Waals surface area (Å²) in [7, 11) is 32.4. The van der Waals surface area contributed by atoms with Gasteiger partial charge in [-0.2, -0.15) is 0 Å². The predicted octanol–water partition coefficient (Wildman–Crippen LogP) is 8.25. The van der Waals surface area contributed by atoms with E-state index in [9.17, 15) is 0 Å². The van der Waals surface area contributed by atoms with Crippen molar-refractivity contribution in [3.8, 4) is 0 Å². The maximum atomic E-state index is 6.15. The SMILES string of the molecule is CCC(C)(CC(C)(CC)S(Cl)(Cl)Cl)S(Cl)(Cl)Cl. The Hall–Kier alpha value is 2.44. The van der Waals surface area contributed by atoms with Gasteiger partial charge in [-0.05, 0) is 97.2 Å². The second-order valence-electron chi connectivity index (χ2n) is 4.60. The van der Waals surface area contributed by atoms with E-state index in [0.29, 0.717) is 6.42 Å². The molecule has 0 spiro atoms. The minimum absolute atomic E-state index is 0.431. The summed E-state index contributed by atoms with van der Waals surface area (Å²) in [4.78, 5) is 0. The van der Waals surface area contributed by atoms with Gasteiger partial charge in [-0.1, -0.05) is 13.8 Å². The molecule has 8 heteroatoms. The highest BCUT2D eigenvalue weighted by atomic mass is 36.2. The van der Waals surface area contributed by atoms with E-state index in [4.69, 9.17) is 64.1 Å². The lowest BCUT2D eigenvalue weighted by Crippen LogP contribution is -2.36. The average Bonchev–Trinajstić information content (AvgIpc) is 2.13. The molecule has 0 saturated carbocycles. The molecule has 2 unspecified atom stereocenters. The maximum absolute atomic E-state index is 6.15. The van der Waals surface area contributed by atoms with Crippen LogP contribution in [-0.2, 0) is 0 Å². The Balaban J connectivity index is 5.27. The average molecular weight is 403 g/mol. The molecule has 0 nitrogen and oxygen atoms in total. The Morgan fingerprint density at radius 1 is 0.706 bits per heavy atom. The first-order valence-corrected chi connectivity index (χ1v) is 13.4. The third kappa shape index (κ3) is 4.74. The van der Waals surface area contributed by atoms with Crippen molar-refractivity contribution in [3.63, 3.8) is 0 Å². The van der Waals surface area contributed by atoms with Crippen LogP contribution in [-0.4, -0.2) is 9.49 Å². The highest BCUT2D eigenvalue weighted by Gasteiger charge is 2.49. The van der Waals surface area contributed by atoms with Crippen LogP contribution in [0.15, 0.2) is 0 Å². The van der Waals surface area contributed by atoms with Crippen molar-refractivity contribution in [1.82, 2.24) is 0 Å². The van der Waals surface area contributed by atoms with Gasteiger partial charge in [0.1, 0.15) is 0 Å². The fraction of sp³-hybridized carbons (Fsp3) is 1.00. The zero-order valence-corrected chi connectivity index (χ0v) is 16.4. The lowest BCUT2D eigenvalue weighted by Gasteiger charge is -2.48. The molecule has 0 aromatic heterocycles. The summed E-state index contributed by atoms with van der Waals surface area (Å²) >= 11 is 0. The van der Waals surface area contributed by atoms with Gasteiger partial charge in [-0.15, -0.1) is 0 Å². The minimum atomic E-state index is -2.26. The van der Waals surface area contributed by atoms with Crippen molar-refractivity contribution in [3.05, 3.63) is 0 Å². The molecule has 0 radical (unpaired) electrons. The molecule has 0 saturated heterocycles. The molecule has 0 amide bonds. The van der Waals surface area contributed by atoms with Gasteiger partial charge in [0.2, 0.25) is 0 Å². The lowest BCUT2D eigenvalue weighted by atomic mass is 9.92. The topological polar surface area (TPSA) is 0 Å². The van der Waals surface area contributed by atoms with Crippen molar-refractivity contribution in [2.24, 2.45) is 0 Å². The van der Waals surface area contributed by atoms with Gasteiger partial charge in [-0.3, -0.25) is 0 Å². The summed E-state index contributed by atoms with van der Waals surface area (Å²) in [6.45, 7) is 7.91. The Labute approximate surface area is 135 Å². The van der Waals surface area contributed by atoms with E-state index >= 15 is 0 Å². The van der Waals surface area contributed by atoms with E-state index in [0.717, 1.165) is 12.8 Å². The van der Waals surface area contributed by atoms with Crippen LogP contribution in [0.2, 0.25) is 0 Å². The van der Waals surface area contributed by atoms with Gasteiger partial charge in [0.15, 0.2) is 0 Å². The molecule has 0 aromatic carbocycles. The van der Waals surface area contributed by atoms with Crippen LogP contribution in [0, 0.1) is 0 Å². The van der Waals surface area contributed by atoms with E-state index in [1.54, 1.807) is 0 Å². The van der Waals surface area contributed by atoms with Crippen LogP contribution < -0.4 is 0 Å². The van der Waals surface area contributed by atoms with Crippen molar-refractivity contribution < 1.29 is 0 Å². The van der Waals surface area contributed by atoms with Crippen LogP contribution in [0.25, 0.3) is 0 Å². The van der Waals surface area contributed by atoms with Gasteiger partial charge >= 0.3 is 0 Å². The smallest absolute Gasteiger partial charge is 0.0372 e. The van der Waals surface area contributed by atoms with Crippen molar-refractivity contribution in [1.29, 1.82) is 0 Å². The molecule has 0 aromatic rings. The van der Waals surface area contributed by atoms with Gasteiger partial charge in [0, 0.05) is 24.8 Å². The summed E-state index contributed by atoms with van der Waals surface area (Å²) in [5.74, 6) is 0. The first kappa shape index (κ1) is 19.4. The Morgan fingerprint density at radius 3 is 1.06 bits per heavy atom. The van der Waals surface area contributed by atoms with Crippen LogP contribution in [0.4, 0.5) is 0 Å². The fourth-order valence-electron chi connectivity index (χ4n) is 1.53. The first-order valence-electron chi connectivity index (χ1n) is 5.16. The molecule has 0 aliphatic heterocycles. The predicted molar refractivity (Wildman–Crippen MR) is 92.3 cm³/mol. The third-order valence-corrected chi connectivity index (χ3v) is 13.2.